The van der Waals surface area contributed by atoms with Crippen molar-refractivity contribution < 1.29 is 38.2 Å². The first-order valence-electron chi connectivity index (χ1n) is 18.3. The number of carbonyl (C=O) groups excluding carboxylic acids is 2. The SMILES string of the molecule is CC/C=C/C/C=C/C/C=C/C/C=C/C/C=C/CCCC(=O)OCC(COCCC(C(=O)O)[N+](C)(C)C)OC(=O)C/C=C/C/C=C/C/C=C/CC. The summed E-state index contributed by atoms with van der Waals surface area (Å²) in [5.41, 5.74) is 0. The topological polar surface area (TPSA) is 99.1 Å². The predicted molar refractivity (Wildman–Crippen MR) is 206 cm³/mol. The van der Waals surface area contributed by atoms with E-state index in [0.717, 1.165) is 51.4 Å². The van der Waals surface area contributed by atoms with Gasteiger partial charge in [-0.05, 0) is 64.2 Å². The van der Waals surface area contributed by atoms with E-state index in [1.54, 1.807) is 6.08 Å². The number of hydrogen-bond donors (Lipinski definition) is 1. The van der Waals surface area contributed by atoms with E-state index in [-0.39, 0.29) is 43.1 Å². The molecule has 0 saturated carbocycles. The number of carboxylic acid groups (broad SMARTS) is 1. The molecule has 1 N–H and O–H groups in total. The number of allylic oxidation sites excluding steroid dienone is 15. The molecule has 0 saturated heterocycles. The summed E-state index contributed by atoms with van der Waals surface area (Å²) >= 11 is 0. The first-order chi connectivity index (χ1) is 24.1. The predicted octanol–water partition coefficient (Wildman–Crippen LogP) is 9.18. The van der Waals surface area contributed by atoms with Gasteiger partial charge in [-0.1, -0.05) is 111 Å². The molecule has 0 aromatic rings. The fraction of sp³-hybridized carbons (Fsp3) is 0.548. The van der Waals surface area contributed by atoms with E-state index in [9.17, 15) is 19.5 Å². The molecule has 0 aliphatic heterocycles. The highest BCUT2D eigenvalue weighted by Gasteiger charge is 2.31. The van der Waals surface area contributed by atoms with Crippen molar-refractivity contribution in [3.05, 3.63) is 97.2 Å². The van der Waals surface area contributed by atoms with E-state index in [4.69, 9.17) is 14.2 Å². The zero-order valence-corrected chi connectivity index (χ0v) is 31.5. The van der Waals surface area contributed by atoms with Crippen LogP contribution < -0.4 is 0 Å². The lowest BCUT2D eigenvalue weighted by atomic mass is 10.1. The Hall–Kier alpha value is -3.75. The Bertz CT molecular complexity index is 1140. The van der Waals surface area contributed by atoms with Gasteiger partial charge in [0.25, 0.3) is 0 Å². The Labute approximate surface area is 303 Å². The van der Waals surface area contributed by atoms with Gasteiger partial charge < -0.3 is 23.8 Å². The summed E-state index contributed by atoms with van der Waals surface area (Å²) in [6.45, 7) is 4.28. The van der Waals surface area contributed by atoms with Crippen LogP contribution in [0.5, 0.6) is 0 Å². The maximum absolute atomic E-state index is 12.5. The second-order valence-electron chi connectivity index (χ2n) is 12.7. The van der Waals surface area contributed by atoms with Crippen molar-refractivity contribution in [1.82, 2.24) is 0 Å². The molecule has 2 atom stereocenters. The van der Waals surface area contributed by atoms with Crippen molar-refractivity contribution in [1.29, 1.82) is 0 Å². The normalized spacial score (nSPS) is 14.2. The van der Waals surface area contributed by atoms with Crippen LogP contribution in [0.4, 0.5) is 0 Å². The summed E-state index contributed by atoms with van der Waals surface area (Å²) in [7, 11) is 5.45. The summed E-state index contributed by atoms with van der Waals surface area (Å²) in [6.07, 6.45) is 42.2. The van der Waals surface area contributed by atoms with Crippen LogP contribution in [-0.4, -0.2) is 80.6 Å². The molecule has 0 bridgehead atoms. The lowest BCUT2D eigenvalue weighted by Gasteiger charge is -2.31. The molecule has 8 heteroatoms. The summed E-state index contributed by atoms with van der Waals surface area (Å²) in [6, 6.07) is -0.640. The van der Waals surface area contributed by atoms with E-state index in [1.807, 2.05) is 33.3 Å². The van der Waals surface area contributed by atoms with E-state index in [1.165, 1.54) is 0 Å². The number of esters is 2. The molecule has 0 spiro atoms. The van der Waals surface area contributed by atoms with Crippen LogP contribution in [0.1, 0.15) is 97.3 Å². The molecule has 0 aromatic carbocycles. The van der Waals surface area contributed by atoms with Gasteiger partial charge >= 0.3 is 17.9 Å². The van der Waals surface area contributed by atoms with Gasteiger partial charge in [-0.3, -0.25) is 9.59 Å². The Morgan fingerprint density at radius 1 is 0.620 bits per heavy atom. The van der Waals surface area contributed by atoms with Crippen molar-refractivity contribution in [2.75, 3.05) is 41.0 Å². The van der Waals surface area contributed by atoms with Gasteiger partial charge in [-0.15, -0.1) is 0 Å². The van der Waals surface area contributed by atoms with Crippen molar-refractivity contribution in [3.8, 4) is 0 Å². The number of carbonyl (C=O) groups is 3. The van der Waals surface area contributed by atoms with Crippen LogP contribution in [0.15, 0.2) is 97.2 Å². The minimum atomic E-state index is -0.901. The van der Waals surface area contributed by atoms with Crippen LogP contribution >= 0.6 is 0 Å². The number of unbranched alkanes of at least 4 members (excludes halogenated alkanes) is 1. The first-order valence-corrected chi connectivity index (χ1v) is 18.3. The molecule has 0 rings (SSSR count). The second-order valence-corrected chi connectivity index (χ2v) is 12.7. The molecule has 280 valence electrons. The second kappa shape index (κ2) is 32.5. The average molecular weight is 697 g/mol. The van der Waals surface area contributed by atoms with Crippen molar-refractivity contribution in [3.63, 3.8) is 0 Å². The van der Waals surface area contributed by atoms with Gasteiger partial charge in [0.1, 0.15) is 6.61 Å². The maximum atomic E-state index is 12.5. The summed E-state index contributed by atoms with van der Waals surface area (Å²) in [5, 5.41) is 9.56. The quantitative estimate of drug-likeness (QED) is 0.0346. The van der Waals surface area contributed by atoms with Crippen LogP contribution in [0.25, 0.3) is 0 Å². The molecule has 0 aliphatic carbocycles. The number of carboxylic acids is 1. The third kappa shape index (κ3) is 30.3. The molecule has 0 fully saturated rings. The Morgan fingerprint density at radius 2 is 1.08 bits per heavy atom. The molecule has 50 heavy (non-hydrogen) atoms. The standard InChI is InChI=1S/C42H65NO7/c1-6-8-10-12-14-16-17-18-19-20-21-22-23-25-26-28-30-32-40(44)49-37-38(36-48-35-34-39(42(46)47)43(3,4)5)50-41(45)33-31-29-27-24-15-13-11-9-7-2/h8-11,14-16,18-19,21-22,24-26,29,31,38-39H,6-7,12-13,17,20,23,27-28,30,32-37H2,1-5H3/p+1/b10-8+,11-9+,16-14+,19-18+,22-21+,24-15+,26-25+,31-29+. The van der Waals surface area contributed by atoms with Crippen molar-refractivity contribution in [2.45, 2.75) is 109 Å². The Kier molecular flexibility index (Phi) is 30.0. The lowest BCUT2D eigenvalue weighted by molar-refractivity contribution is -0.887. The molecule has 0 radical (unpaired) electrons. The van der Waals surface area contributed by atoms with Crippen LogP contribution in [0.2, 0.25) is 0 Å². The Balaban J connectivity index is 4.60. The largest absolute Gasteiger partial charge is 0.477 e. The van der Waals surface area contributed by atoms with Gasteiger partial charge in [-0.2, -0.15) is 0 Å². The molecule has 0 aromatic heterocycles. The molecular weight excluding hydrogens is 630 g/mol. The third-order valence-corrected chi connectivity index (χ3v) is 7.26. The summed E-state index contributed by atoms with van der Waals surface area (Å²) < 4.78 is 17.0. The number of hydrogen-bond acceptors (Lipinski definition) is 6. The maximum Gasteiger partial charge on any atom is 0.362 e. The lowest BCUT2D eigenvalue weighted by Crippen LogP contribution is -2.50. The number of rotatable bonds is 30. The van der Waals surface area contributed by atoms with E-state index >= 15 is 0 Å². The first kappa shape index (κ1) is 46.2. The van der Waals surface area contributed by atoms with E-state index in [2.05, 4.69) is 92.8 Å². The molecule has 0 aliphatic rings. The van der Waals surface area contributed by atoms with E-state index < -0.39 is 24.1 Å². The van der Waals surface area contributed by atoms with E-state index in [0.29, 0.717) is 19.3 Å². The molecular formula is C42H66NO7+. The highest BCUT2D eigenvalue weighted by molar-refractivity contribution is 5.72. The summed E-state index contributed by atoms with van der Waals surface area (Å²) in [4.78, 5) is 36.6. The van der Waals surface area contributed by atoms with Crippen LogP contribution in [-0.2, 0) is 28.6 Å². The minimum Gasteiger partial charge on any atom is -0.477 e. The smallest absolute Gasteiger partial charge is 0.362 e. The number of likely N-dealkylation sites (N-methyl/N-ethyl adjacent to an activating group) is 1. The number of quaternary nitrogens is 1. The number of nitrogens with zero attached hydrogens (tertiary/aromatic N) is 1. The van der Waals surface area contributed by atoms with Crippen LogP contribution in [0.3, 0.4) is 0 Å². The highest BCUT2D eigenvalue weighted by atomic mass is 16.6. The number of ether oxygens (including phenoxy) is 3. The summed E-state index contributed by atoms with van der Waals surface area (Å²) in [5.74, 6) is -1.72. The molecule has 0 heterocycles. The zero-order chi connectivity index (χ0) is 37.1. The monoisotopic (exact) mass is 696 g/mol. The average Bonchev–Trinajstić information content (AvgIpc) is 3.06. The molecule has 8 nitrogen and oxygen atoms in total. The molecule has 0 amide bonds. The fourth-order valence-corrected chi connectivity index (χ4v) is 4.48. The van der Waals surface area contributed by atoms with Crippen molar-refractivity contribution >= 4 is 17.9 Å². The third-order valence-electron chi connectivity index (χ3n) is 7.26. The van der Waals surface area contributed by atoms with Gasteiger partial charge in [0.15, 0.2) is 12.1 Å². The van der Waals surface area contributed by atoms with Gasteiger partial charge in [-0.25, -0.2) is 4.79 Å². The minimum absolute atomic E-state index is 0.000266. The van der Waals surface area contributed by atoms with Gasteiger partial charge in [0.2, 0.25) is 0 Å². The van der Waals surface area contributed by atoms with Gasteiger partial charge in [0.05, 0.1) is 40.8 Å². The van der Waals surface area contributed by atoms with Crippen molar-refractivity contribution in [2.24, 2.45) is 0 Å². The van der Waals surface area contributed by atoms with Gasteiger partial charge in [0, 0.05) is 12.8 Å². The molecule has 2 unspecified atom stereocenters. The van der Waals surface area contributed by atoms with Crippen LogP contribution in [0, 0.1) is 0 Å². The zero-order valence-electron chi connectivity index (χ0n) is 31.5. The fourth-order valence-electron chi connectivity index (χ4n) is 4.48. The number of aliphatic carboxylic acids is 1. The highest BCUT2D eigenvalue weighted by Crippen LogP contribution is 2.10. The Morgan fingerprint density at radius 3 is 1.54 bits per heavy atom.